The molecule has 3 rings (SSSR count). The van der Waals surface area contributed by atoms with Gasteiger partial charge in [-0.2, -0.15) is 0 Å². The van der Waals surface area contributed by atoms with Gasteiger partial charge >= 0.3 is 6.03 Å². The minimum Gasteiger partial charge on any atom is -0.365 e. The number of rotatable bonds is 4. The summed E-state index contributed by atoms with van der Waals surface area (Å²) in [5.41, 5.74) is 20.1. The topological polar surface area (TPSA) is 140 Å². The number of benzene rings is 2. The number of hydrogen-bond acceptors (Lipinski definition) is 3. The molecule has 0 fully saturated rings. The van der Waals surface area contributed by atoms with E-state index in [9.17, 15) is 9.59 Å². The summed E-state index contributed by atoms with van der Waals surface area (Å²) in [6.45, 7) is 0.455. The smallest absolute Gasteiger partial charge is 0.317 e. The Hall–Kier alpha value is -3.32. The van der Waals surface area contributed by atoms with Gasteiger partial charge in [-0.15, -0.1) is 0 Å². The molecule has 0 aliphatic rings. The summed E-state index contributed by atoms with van der Waals surface area (Å²) in [5, 5.41) is 3.00. The first-order valence-corrected chi connectivity index (χ1v) is 7.31. The maximum Gasteiger partial charge on any atom is 0.317 e. The van der Waals surface area contributed by atoms with E-state index in [4.69, 9.17) is 17.2 Å². The highest BCUT2D eigenvalue weighted by Gasteiger charge is 2.17. The third-order valence-electron chi connectivity index (χ3n) is 3.79. The van der Waals surface area contributed by atoms with Crippen LogP contribution in [0.2, 0.25) is 0 Å². The van der Waals surface area contributed by atoms with E-state index in [1.165, 1.54) is 0 Å². The second-order valence-corrected chi connectivity index (χ2v) is 5.39. The van der Waals surface area contributed by atoms with E-state index in [0.717, 1.165) is 16.7 Å². The summed E-state index contributed by atoms with van der Waals surface area (Å²) < 4.78 is 0. The molecule has 1 heterocycles. The van der Waals surface area contributed by atoms with Crippen molar-refractivity contribution in [1.29, 1.82) is 0 Å². The monoisotopic (exact) mass is 323 g/mol. The molecule has 7 heteroatoms. The van der Waals surface area contributed by atoms with Crippen LogP contribution >= 0.6 is 0 Å². The van der Waals surface area contributed by atoms with Gasteiger partial charge in [0, 0.05) is 17.4 Å². The van der Waals surface area contributed by atoms with Crippen LogP contribution in [0.1, 0.15) is 15.9 Å². The average Bonchev–Trinajstić information content (AvgIpc) is 2.91. The first-order valence-electron chi connectivity index (χ1n) is 7.31. The van der Waals surface area contributed by atoms with Crippen molar-refractivity contribution in [3.05, 3.63) is 53.6 Å². The number of nitrogens with one attached hydrogen (secondary N) is 2. The van der Waals surface area contributed by atoms with E-state index in [1.54, 1.807) is 6.07 Å². The summed E-state index contributed by atoms with van der Waals surface area (Å²) in [5.74, 6) is -0.458. The molecule has 2 aromatic carbocycles. The SMILES string of the molecule is NCc1cccc(-c2ccc3c(C(N)=O)c(NC(N)=O)[nH]c3c2)c1. The lowest BCUT2D eigenvalue weighted by atomic mass is 10.0. The van der Waals surface area contributed by atoms with E-state index in [0.29, 0.717) is 17.4 Å². The van der Waals surface area contributed by atoms with Crippen molar-refractivity contribution in [2.24, 2.45) is 17.2 Å². The third kappa shape index (κ3) is 2.80. The number of primary amides is 2. The number of aromatic nitrogens is 1. The van der Waals surface area contributed by atoms with Gasteiger partial charge in [0.15, 0.2) is 0 Å². The van der Waals surface area contributed by atoms with E-state index >= 15 is 0 Å². The lowest BCUT2D eigenvalue weighted by Crippen LogP contribution is -2.22. The predicted molar refractivity (Wildman–Crippen MR) is 93.4 cm³/mol. The number of carbonyl (C=O) groups is 2. The molecule has 3 amide bonds. The Bertz CT molecular complexity index is 945. The molecule has 0 saturated heterocycles. The number of carbonyl (C=O) groups excluding carboxylic acids is 2. The highest BCUT2D eigenvalue weighted by Crippen LogP contribution is 2.30. The number of anilines is 1. The Morgan fingerprint density at radius 1 is 1.04 bits per heavy atom. The molecule has 24 heavy (non-hydrogen) atoms. The van der Waals surface area contributed by atoms with Gasteiger partial charge in [-0.25, -0.2) is 4.79 Å². The van der Waals surface area contributed by atoms with Gasteiger partial charge in [0.05, 0.1) is 5.56 Å². The second-order valence-electron chi connectivity index (χ2n) is 5.39. The highest BCUT2D eigenvalue weighted by atomic mass is 16.2. The van der Waals surface area contributed by atoms with Crippen LogP contribution < -0.4 is 22.5 Å². The van der Waals surface area contributed by atoms with Gasteiger partial charge in [0.2, 0.25) is 0 Å². The summed E-state index contributed by atoms with van der Waals surface area (Å²) in [4.78, 5) is 25.8. The molecule has 0 saturated carbocycles. The summed E-state index contributed by atoms with van der Waals surface area (Å²) in [6.07, 6.45) is 0. The van der Waals surface area contributed by atoms with Crippen LogP contribution in [0.3, 0.4) is 0 Å². The van der Waals surface area contributed by atoms with Crippen LogP contribution in [0, 0.1) is 0 Å². The Balaban J connectivity index is 2.14. The van der Waals surface area contributed by atoms with Crippen molar-refractivity contribution in [3.8, 4) is 11.1 Å². The van der Waals surface area contributed by atoms with Crippen molar-refractivity contribution in [2.45, 2.75) is 6.54 Å². The van der Waals surface area contributed by atoms with Crippen molar-refractivity contribution in [3.63, 3.8) is 0 Å². The number of nitrogens with two attached hydrogens (primary N) is 3. The predicted octanol–water partition coefficient (Wildman–Crippen LogP) is 1.88. The van der Waals surface area contributed by atoms with Crippen LogP contribution in [0.25, 0.3) is 22.0 Å². The minimum absolute atomic E-state index is 0.192. The number of aromatic amines is 1. The maximum atomic E-state index is 11.7. The number of amides is 3. The highest BCUT2D eigenvalue weighted by molar-refractivity contribution is 6.13. The number of H-pyrrole nitrogens is 1. The van der Waals surface area contributed by atoms with Crippen LogP contribution in [0.4, 0.5) is 10.6 Å². The second kappa shape index (κ2) is 6.05. The lowest BCUT2D eigenvalue weighted by molar-refractivity contribution is 0.100. The van der Waals surface area contributed by atoms with Crippen molar-refractivity contribution < 1.29 is 9.59 Å². The first-order chi connectivity index (χ1) is 11.5. The molecule has 0 aliphatic carbocycles. The molecular weight excluding hydrogens is 306 g/mol. The number of urea groups is 1. The van der Waals surface area contributed by atoms with Crippen molar-refractivity contribution in [1.82, 2.24) is 4.98 Å². The molecule has 122 valence electrons. The van der Waals surface area contributed by atoms with Crippen LogP contribution in [0.5, 0.6) is 0 Å². The van der Waals surface area contributed by atoms with Crippen LogP contribution in [-0.2, 0) is 6.54 Å². The van der Waals surface area contributed by atoms with Crippen molar-refractivity contribution in [2.75, 3.05) is 5.32 Å². The molecule has 0 bridgehead atoms. The molecular formula is C17H17N5O2. The van der Waals surface area contributed by atoms with Crippen LogP contribution in [0.15, 0.2) is 42.5 Å². The number of hydrogen-bond donors (Lipinski definition) is 5. The summed E-state index contributed by atoms with van der Waals surface area (Å²) in [7, 11) is 0. The zero-order chi connectivity index (χ0) is 17.3. The minimum atomic E-state index is -0.778. The quantitative estimate of drug-likeness (QED) is 0.500. The Morgan fingerprint density at radius 2 is 1.79 bits per heavy atom. The standard InChI is InChI=1S/C17H17N5O2/c18-8-9-2-1-3-10(6-9)11-4-5-12-13(7-11)21-16(22-17(20)24)14(12)15(19)23/h1-7,21H,8,18H2,(H2,19,23)(H3,20,22,24). The fourth-order valence-corrected chi connectivity index (χ4v) is 2.73. The van der Waals surface area contributed by atoms with E-state index in [2.05, 4.69) is 10.3 Å². The maximum absolute atomic E-state index is 11.7. The third-order valence-corrected chi connectivity index (χ3v) is 3.79. The summed E-state index contributed by atoms with van der Waals surface area (Å²) >= 11 is 0. The van der Waals surface area contributed by atoms with Gasteiger partial charge in [-0.3, -0.25) is 10.1 Å². The lowest BCUT2D eigenvalue weighted by Gasteiger charge is -2.04. The zero-order valence-corrected chi connectivity index (χ0v) is 12.8. The largest absolute Gasteiger partial charge is 0.365 e. The molecule has 0 aliphatic heterocycles. The summed E-state index contributed by atoms with van der Waals surface area (Å²) in [6, 6.07) is 12.6. The van der Waals surface area contributed by atoms with Gasteiger partial charge < -0.3 is 22.2 Å². The van der Waals surface area contributed by atoms with Gasteiger partial charge in [-0.05, 0) is 28.8 Å². The first kappa shape index (κ1) is 15.6. The molecule has 3 aromatic rings. The molecule has 0 radical (unpaired) electrons. The van der Waals surface area contributed by atoms with E-state index in [-0.39, 0.29) is 11.4 Å². The van der Waals surface area contributed by atoms with Gasteiger partial charge in [0.1, 0.15) is 5.82 Å². The molecule has 1 aromatic heterocycles. The molecule has 7 nitrogen and oxygen atoms in total. The Morgan fingerprint density at radius 3 is 2.46 bits per heavy atom. The fraction of sp³-hybridized carbons (Fsp3) is 0.0588. The molecule has 0 spiro atoms. The number of fused-ring (bicyclic) bond motifs is 1. The zero-order valence-electron chi connectivity index (χ0n) is 12.8. The molecule has 0 atom stereocenters. The van der Waals surface area contributed by atoms with E-state index in [1.807, 2.05) is 36.4 Å². The normalized spacial score (nSPS) is 10.7. The van der Waals surface area contributed by atoms with Crippen LogP contribution in [-0.4, -0.2) is 16.9 Å². The fourth-order valence-electron chi connectivity index (χ4n) is 2.73. The van der Waals surface area contributed by atoms with E-state index < -0.39 is 11.9 Å². The van der Waals surface area contributed by atoms with Gasteiger partial charge in [0.25, 0.3) is 5.91 Å². The Kier molecular flexibility index (Phi) is 3.93. The Labute approximate surface area is 137 Å². The average molecular weight is 323 g/mol. The van der Waals surface area contributed by atoms with Crippen molar-refractivity contribution >= 4 is 28.7 Å². The molecule has 0 unspecified atom stereocenters. The van der Waals surface area contributed by atoms with Gasteiger partial charge in [-0.1, -0.05) is 30.3 Å². The molecule has 8 N–H and O–H groups in total.